The molecule has 1 aliphatic carbocycles. The van der Waals surface area contributed by atoms with Crippen molar-refractivity contribution in [3.05, 3.63) is 119 Å². The minimum absolute atomic E-state index is 0.0187. The van der Waals surface area contributed by atoms with E-state index in [4.69, 9.17) is 21.1 Å². The smallest absolute Gasteiger partial charge is 0.264 e. The molecule has 48 heavy (non-hydrogen) atoms. The zero-order valence-electron chi connectivity index (χ0n) is 27.0. The van der Waals surface area contributed by atoms with Crippen LogP contribution in [0.15, 0.2) is 108 Å². The van der Waals surface area contributed by atoms with Crippen molar-refractivity contribution in [3.8, 4) is 11.5 Å². The van der Waals surface area contributed by atoms with E-state index in [1.165, 1.54) is 37.3 Å². The number of amides is 2. The van der Waals surface area contributed by atoms with Crippen molar-refractivity contribution in [1.82, 2.24) is 10.2 Å². The molecule has 252 valence electrons. The molecule has 0 aliphatic heterocycles. The molecule has 1 aliphatic rings. The van der Waals surface area contributed by atoms with Crippen LogP contribution < -0.4 is 19.1 Å². The van der Waals surface area contributed by atoms with Crippen molar-refractivity contribution in [2.24, 2.45) is 0 Å². The lowest BCUT2D eigenvalue weighted by Gasteiger charge is -2.34. The van der Waals surface area contributed by atoms with Crippen LogP contribution in [0.3, 0.4) is 0 Å². The molecule has 0 spiro atoms. The van der Waals surface area contributed by atoms with E-state index in [-0.39, 0.29) is 35.6 Å². The van der Waals surface area contributed by atoms with Gasteiger partial charge in [-0.25, -0.2) is 8.42 Å². The van der Waals surface area contributed by atoms with Crippen LogP contribution >= 0.6 is 11.6 Å². The number of carbonyl (C=O) groups excluding carboxylic acids is 2. The Balaban J connectivity index is 1.57. The third-order valence-electron chi connectivity index (χ3n) is 8.48. The van der Waals surface area contributed by atoms with Crippen LogP contribution in [0.1, 0.15) is 36.8 Å². The summed E-state index contributed by atoms with van der Waals surface area (Å²) < 4.78 is 40.5. The van der Waals surface area contributed by atoms with Gasteiger partial charge in [-0.15, -0.1) is 0 Å². The van der Waals surface area contributed by atoms with E-state index in [9.17, 15) is 18.0 Å². The fourth-order valence-corrected chi connectivity index (χ4v) is 7.62. The van der Waals surface area contributed by atoms with E-state index >= 15 is 0 Å². The van der Waals surface area contributed by atoms with E-state index in [1.807, 2.05) is 36.4 Å². The number of methoxy groups -OCH3 is 2. The van der Waals surface area contributed by atoms with Crippen LogP contribution in [0.2, 0.25) is 5.02 Å². The van der Waals surface area contributed by atoms with E-state index in [2.05, 4.69) is 5.32 Å². The molecule has 4 aromatic carbocycles. The van der Waals surface area contributed by atoms with Crippen LogP contribution in [0.4, 0.5) is 5.69 Å². The van der Waals surface area contributed by atoms with Crippen molar-refractivity contribution >= 4 is 39.1 Å². The van der Waals surface area contributed by atoms with Crippen LogP contribution in [-0.2, 0) is 32.6 Å². The summed E-state index contributed by atoms with van der Waals surface area (Å²) in [7, 11) is -1.43. The highest BCUT2D eigenvalue weighted by atomic mass is 35.5. The van der Waals surface area contributed by atoms with Gasteiger partial charge in [0.05, 0.1) is 24.8 Å². The van der Waals surface area contributed by atoms with E-state index < -0.39 is 28.5 Å². The number of sulfonamides is 1. The Morgan fingerprint density at radius 1 is 0.833 bits per heavy atom. The lowest BCUT2D eigenvalue weighted by molar-refractivity contribution is -0.140. The minimum atomic E-state index is -4.31. The fourth-order valence-electron chi connectivity index (χ4n) is 5.98. The first-order chi connectivity index (χ1) is 23.2. The van der Waals surface area contributed by atoms with Crippen molar-refractivity contribution in [2.45, 2.75) is 55.6 Å². The Kier molecular flexibility index (Phi) is 11.6. The second-order valence-electron chi connectivity index (χ2n) is 11.7. The van der Waals surface area contributed by atoms with Gasteiger partial charge in [0.1, 0.15) is 12.6 Å². The molecule has 1 N–H and O–H groups in total. The van der Waals surface area contributed by atoms with Gasteiger partial charge in [-0.2, -0.15) is 0 Å². The third kappa shape index (κ3) is 8.48. The highest BCUT2D eigenvalue weighted by molar-refractivity contribution is 7.92. The maximum absolute atomic E-state index is 14.7. The molecule has 0 unspecified atom stereocenters. The summed E-state index contributed by atoms with van der Waals surface area (Å²) in [5.41, 5.74) is 1.86. The van der Waals surface area contributed by atoms with Crippen LogP contribution in [-0.4, -0.2) is 58.0 Å². The number of rotatable bonds is 14. The van der Waals surface area contributed by atoms with Crippen LogP contribution in [0.5, 0.6) is 11.5 Å². The molecule has 0 heterocycles. The lowest BCUT2D eigenvalue weighted by Crippen LogP contribution is -2.54. The number of halogens is 1. The molecule has 0 radical (unpaired) electrons. The number of nitrogens with zero attached hydrogens (tertiary/aromatic N) is 2. The third-order valence-corrected chi connectivity index (χ3v) is 10.5. The number of benzene rings is 4. The normalized spacial score (nSPS) is 13.8. The Bertz CT molecular complexity index is 1800. The number of hydrogen-bond donors (Lipinski definition) is 1. The summed E-state index contributed by atoms with van der Waals surface area (Å²) in [4.78, 5) is 30.2. The maximum atomic E-state index is 14.7. The van der Waals surface area contributed by atoms with Gasteiger partial charge in [0, 0.05) is 30.1 Å². The molecule has 0 saturated heterocycles. The SMILES string of the molecule is COc1ccc(S(=O)(=O)N(CC(=O)N(Cc2cccc(Cl)c2)[C@@H](Cc2ccccc2)C(=O)NC2CCCC2)c2ccccc2)cc1OC. The molecule has 2 amide bonds. The van der Waals surface area contributed by atoms with Crippen molar-refractivity contribution < 1.29 is 27.5 Å². The standard InChI is InChI=1S/C37H40ClN3O6S/c1-46-34-21-20-32(24-35(34)47-2)48(44,45)41(31-18-7-4-8-19-31)26-36(42)40(25-28-14-11-15-29(38)22-28)33(23-27-12-5-3-6-13-27)37(43)39-30-16-9-10-17-30/h3-8,11-15,18-22,24,30,33H,9-10,16-17,23,25-26H2,1-2H3,(H,39,43)/t33-/m0/s1. The first-order valence-electron chi connectivity index (χ1n) is 15.9. The number of hydrogen-bond acceptors (Lipinski definition) is 6. The molecule has 1 atom stereocenters. The molecular weight excluding hydrogens is 650 g/mol. The van der Waals surface area contributed by atoms with Gasteiger partial charge in [-0.3, -0.25) is 13.9 Å². The average molecular weight is 690 g/mol. The lowest BCUT2D eigenvalue weighted by atomic mass is 10.0. The summed E-state index contributed by atoms with van der Waals surface area (Å²) in [5.74, 6) is -0.240. The maximum Gasteiger partial charge on any atom is 0.264 e. The molecule has 11 heteroatoms. The Morgan fingerprint density at radius 3 is 2.12 bits per heavy atom. The van der Waals surface area contributed by atoms with Gasteiger partial charge in [0.15, 0.2) is 11.5 Å². The molecule has 5 rings (SSSR count). The first-order valence-corrected chi connectivity index (χ1v) is 17.7. The van der Waals surface area contributed by atoms with E-state index in [1.54, 1.807) is 48.5 Å². The summed E-state index contributed by atoms with van der Waals surface area (Å²) in [6.45, 7) is -0.530. The summed E-state index contributed by atoms with van der Waals surface area (Å²) in [5, 5.41) is 3.66. The summed E-state index contributed by atoms with van der Waals surface area (Å²) >= 11 is 6.34. The highest BCUT2D eigenvalue weighted by Crippen LogP contribution is 2.32. The van der Waals surface area contributed by atoms with Gasteiger partial charge in [-0.1, -0.05) is 85.1 Å². The van der Waals surface area contributed by atoms with E-state index in [0.717, 1.165) is 35.6 Å². The topological polar surface area (TPSA) is 105 Å². The van der Waals surface area contributed by atoms with Gasteiger partial charge < -0.3 is 19.7 Å². The molecule has 4 aromatic rings. The zero-order chi connectivity index (χ0) is 34.1. The predicted octanol–water partition coefficient (Wildman–Crippen LogP) is 6.25. The van der Waals surface area contributed by atoms with Crippen LogP contribution in [0.25, 0.3) is 0 Å². The largest absolute Gasteiger partial charge is 0.493 e. The Labute approximate surface area is 287 Å². The zero-order valence-corrected chi connectivity index (χ0v) is 28.6. The number of carbonyl (C=O) groups is 2. The summed E-state index contributed by atoms with van der Waals surface area (Å²) in [6.07, 6.45) is 4.03. The second-order valence-corrected chi connectivity index (χ2v) is 14.0. The fraction of sp³-hybridized carbons (Fsp3) is 0.297. The molecule has 1 fully saturated rings. The minimum Gasteiger partial charge on any atom is -0.493 e. The molecule has 1 saturated carbocycles. The van der Waals surface area contributed by atoms with E-state index in [0.29, 0.717) is 22.0 Å². The van der Waals surface area contributed by atoms with Gasteiger partial charge in [0.25, 0.3) is 10.0 Å². The van der Waals surface area contributed by atoms with Gasteiger partial charge >= 0.3 is 0 Å². The Morgan fingerprint density at radius 2 is 1.48 bits per heavy atom. The molecule has 0 bridgehead atoms. The number of nitrogens with one attached hydrogen (secondary N) is 1. The quantitative estimate of drug-likeness (QED) is 0.168. The molecule has 0 aromatic heterocycles. The van der Waals surface area contributed by atoms with Crippen LogP contribution in [0, 0.1) is 0 Å². The predicted molar refractivity (Wildman–Crippen MR) is 187 cm³/mol. The average Bonchev–Trinajstić information content (AvgIpc) is 3.62. The highest BCUT2D eigenvalue weighted by Gasteiger charge is 2.36. The molecule has 9 nitrogen and oxygen atoms in total. The first kappa shape index (κ1) is 34.8. The van der Waals surface area contributed by atoms with Gasteiger partial charge in [-0.05, 0) is 60.4 Å². The Hall–Kier alpha value is -4.54. The van der Waals surface area contributed by atoms with Crippen molar-refractivity contribution in [2.75, 3.05) is 25.1 Å². The van der Waals surface area contributed by atoms with Gasteiger partial charge in [0.2, 0.25) is 11.8 Å². The molecular formula is C37H40ClN3O6S. The summed E-state index contributed by atoms with van der Waals surface area (Å²) in [6, 6.07) is 28.4. The number of anilines is 1. The monoisotopic (exact) mass is 689 g/mol. The van der Waals surface area contributed by atoms with Crippen molar-refractivity contribution in [3.63, 3.8) is 0 Å². The second kappa shape index (κ2) is 16.0. The number of para-hydroxylation sites is 1. The number of ether oxygens (including phenoxy) is 2. The van der Waals surface area contributed by atoms with Crippen molar-refractivity contribution in [1.29, 1.82) is 0 Å².